The number of esters is 1. The van der Waals surface area contributed by atoms with Crippen molar-refractivity contribution in [1.29, 1.82) is 0 Å². The molecule has 1 atom stereocenters. The van der Waals surface area contributed by atoms with Gasteiger partial charge < -0.3 is 24.6 Å². The maximum absolute atomic E-state index is 13.4. The number of hydrogen-bond donors (Lipinski definition) is 1. The Morgan fingerprint density at radius 1 is 1.20 bits per heavy atom. The van der Waals surface area contributed by atoms with Gasteiger partial charge in [-0.25, -0.2) is 9.78 Å². The molecule has 1 aromatic carbocycles. The van der Waals surface area contributed by atoms with Gasteiger partial charge in [-0.2, -0.15) is 0 Å². The fraction of sp³-hybridized carbons (Fsp3) is 0.519. The van der Waals surface area contributed by atoms with Gasteiger partial charge in [0.2, 0.25) is 0 Å². The Bertz CT molecular complexity index is 1090. The largest absolute Gasteiger partial charge is 0.493 e. The molecule has 4 heterocycles. The minimum atomic E-state index is -0.366. The summed E-state index contributed by atoms with van der Waals surface area (Å²) in [5, 5.41) is 3.39. The first kappa shape index (κ1) is 23.5. The van der Waals surface area contributed by atoms with Crippen molar-refractivity contribution in [3.05, 3.63) is 52.7 Å². The highest BCUT2D eigenvalue weighted by atomic mass is 16.5. The van der Waals surface area contributed by atoms with Gasteiger partial charge in [0.1, 0.15) is 11.6 Å². The van der Waals surface area contributed by atoms with Gasteiger partial charge in [-0.05, 0) is 61.4 Å². The fourth-order valence-corrected chi connectivity index (χ4v) is 5.23. The maximum Gasteiger partial charge on any atom is 0.320 e. The Morgan fingerprint density at radius 3 is 2.97 bits per heavy atom. The van der Waals surface area contributed by atoms with Crippen molar-refractivity contribution in [2.75, 3.05) is 44.7 Å². The van der Waals surface area contributed by atoms with Crippen LogP contribution in [0.2, 0.25) is 0 Å². The summed E-state index contributed by atoms with van der Waals surface area (Å²) >= 11 is 0. The number of nitrogens with one attached hydrogen (secondary N) is 1. The number of fused-ring (bicyclic) bond motifs is 2. The Hall–Kier alpha value is -3.29. The Morgan fingerprint density at radius 2 is 2.09 bits per heavy atom. The average Bonchev–Trinajstić information content (AvgIpc) is 3.49. The molecule has 0 spiro atoms. The summed E-state index contributed by atoms with van der Waals surface area (Å²) in [5.74, 6) is 1.57. The van der Waals surface area contributed by atoms with E-state index in [2.05, 4.69) is 23.5 Å². The van der Waals surface area contributed by atoms with Gasteiger partial charge in [0.05, 0.1) is 25.7 Å². The van der Waals surface area contributed by atoms with Gasteiger partial charge in [0.25, 0.3) is 0 Å². The molecule has 0 radical (unpaired) electrons. The molecule has 2 aromatic rings. The summed E-state index contributed by atoms with van der Waals surface area (Å²) < 4.78 is 11.0. The van der Waals surface area contributed by atoms with Crippen molar-refractivity contribution in [2.24, 2.45) is 0 Å². The third-order valence-electron chi connectivity index (χ3n) is 7.09. The van der Waals surface area contributed by atoms with E-state index in [0.29, 0.717) is 32.8 Å². The first-order valence-electron chi connectivity index (χ1n) is 12.8. The van der Waals surface area contributed by atoms with Crippen LogP contribution in [0.5, 0.6) is 5.75 Å². The van der Waals surface area contributed by atoms with E-state index < -0.39 is 0 Å². The van der Waals surface area contributed by atoms with Crippen LogP contribution in [0.25, 0.3) is 0 Å². The molecule has 5 rings (SSSR count). The Labute approximate surface area is 206 Å². The van der Waals surface area contributed by atoms with Crippen LogP contribution in [-0.4, -0.2) is 66.2 Å². The molecule has 1 saturated heterocycles. The predicted octanol–water partition coefficient (Wildman–Crippen LogP) is 3.74. The summed E-state index contributed by atoms with van der Waals surface area (Å²) in [6.07, 6.45) is 4.93. The van der Waals surface area contributed by atoms with E-state index in [-0.39, 0.29) is 24.5 Å². The molecular weight excluding hydrogens is 444 g/mol. The van der Waals surface area contributed by atoms with Crippen LogP contribution in [0.15, 0.2) is 30.3 Å². The monoisotopic (exact) mass is 478 g/mol. The number of urea groups is 1. The molecule has 35 heavy (non-hydrogen) atoms. The minimum Gasteiger partial charge on any atom is -0.493 e. The molecule has 2 amide bonds. The molecule has 1 fully saturated rings. The molecule has 0 bridgehead atoms. The molecule has 0 unspecified atom stereocenters. The van der Waals surface area contributed by atoms with E-state index in [1.807, 2.05) is 21.9 Å². The topological polar surface area (TPSA) is 84.0 Å². The van der Waals surface area contributed by atoms with Crippen LogP contribution in [0.1, 0.15) is 54.6 Å². The zero-order valence-corrected chi connectivity index (χ0v) is 20.4. The smallest absolute Gasteiger partial charge is 0.320 e. The molecule has 8 heteroatoms. The highest BCUT2D eigenvalue weighted by Crippen LogP contribution is 2.34. The standard InChI is InChI=1S/C27H34N4O4/c1-2-34-25(32)18-23(21-8-7-19-11-16-35-24(19)17-21)31-15-14-30(27(31)33)13-4-6-22-10-9-20-5-3-12-28-26(20)29-22/h7-10,17,23H,2-6,11-16,18H2,1H3,(H,28,29)/t23-/m0/s1. The highest BCUT2D eigenvalue weighted by molar-refractivity contribution is 5.79. The summed E-state index contributed by atoms with van der Waals surface area (Å²) in [6, 6.07) is 9.94. The summed E-state index contributed by atoms with van der Waals surface area (Å²) in [5.41, 5.74) is 4.43. The van der Waals surface area contributed by atoms with E-state index in [1.165, 1.54) is 11.1 Å². The quantitative estimate of drug-likeness (QED) is 0.553. The molecule has 8 nitrogen and oxygen atoms in total. The van der Waals surface area contributed by atoms with Crippen LogP contribution in [0.3, 0.4) is 0 Å². The van der Waals surface area contributed by atoms with Crippen molar-refractivity contribution < 1.29 is 19.1 Å². The van der Waals surface area contributed by atoms with Crippen LogP contribution in [-0.2, 0) is 28.8 Å². The van der Waals surface area contributed by atoms with E-state index in [4.69, 9.17) is 14.5 Å². The Balaban J connectivity index is 1.23. The third kappa shape index (κ3) is 5.21. The lowest BCUT2D eigenvalue weighted by Crippen LogP contribution is -2.36. The maximum atomic E-state index is 13.4. The van der Waals surface area contributed by atoms with Crippen molar-refractivity contribution in [3.63, 3.8) is 0 Å². The molecule has 3 aliphatic rings. The lowest BCUT2D eigenvalue weighted by molar-refractivity contribution is -0.144. The number of carbonyl (C=O) groups is 2. The second kappa shape index (κ2) is 10.5. The average molecular weight is 479 g/mol. The van der Waals surface area contributed by atoms with E-state index in [0.717, 1.165) is 61.5 Å². The summed E-state index contributed by atoms with van der Waals surface area (Å²) in [4.78, 5) is 34.3. The number of benzene rings is 1. The number of aromatic nitrogens is 1. The third-order valence-corrected chi connectivity index (χ3v) is 7.09. The second-order valence-electron chi connectivity index (χ2n) is 9.40. The number of amides is 2. The number of nitrogens with zero attached hydrogens (tertiary/aromatic N) is 3. The minimum absolute atomic E-state index is 0.0271. The normalized spacial score (nSPS) is 17.5. The summed E-state index contributed by atoms with van der Waals surface area (Å²) in [7, 11) is 0. The van der Waals surface area contributed by atoms with Gasteiger partial charge in [0, 0.05) is 38.3 Å². The molecule has 3 aliphatic heterocycles. The number of carbonyl (C=O) groups excluding carboxylic acids is 2. The van der Waals surface area contributed by atoms with Gasteiger partial charge in [-0.15, -0.1) is 0 Å². The van der Waals surface area contributed by atoms with Crippen LogP contribution in [0.4, 0.5) is 10.6 Å². The van der Waals surface area contributed by atoms with Crippen LogP contribution in [0, 0.1) is 0 Å². The van der Waals surface area contributed by atoms with E-state index >= 15 is 0 Å². The van der Waals surface area contributed by atoms with Crippen molar-refractivity contribution in [3.8, 4) is 5.75 Å². The predicted molar refractivity (Wildman–Crippen MR) is 133 cm³/mol. The summed E-state index contributed by atoms with van der Waals surface area (Å²) in [6.45, 7) is 5.68. The number of aryl methyl sites for hydroxylation is 2. The SMILES string of the molecule is CCOC(=O)C[C@@H](c1ccc2c(c1)OCC2)N1CCN(CCCc2ccc3c(n2)NCCC3)C1=O. The molecule has 1 aromatic heterocycles. The number of hydrogen-bond acceptors (Lipinski definition) is 6. The molecule has 0 saturated carbocycles. The molecular formula is C27H34N4O4. The van der Waals surface area contributed by atoms with Gasteiger partial charge in [-0.3, -0.25) is 4.79 Å². The fourth-order valence-electron chi connectivity index (χ4n) is 5.23. The zero-order chi connectivity index (χ0) is 24.2. The number of anilines is 1. The second-order valence-corrected chi connectivity index (χ2v) is 9.40. The van der Waals surface area contributed by atoms with Crippen LogP contribution >= 0.6 is 0 Å². The van der Waals surface area contributed by atoms with Gasteiger partial charge >= 0.3 is 12.0 Å². The van der Waals surface area contributed by atoms with Gasteiger partial charge in [0.15, 0.2) is 0 Å². The van der Waals surface area contributed by atoms with E-state index in [9.17, 15) is 9.59 Å². The zero-order valence-electron chi connectivity index (χ0n) is 20.4. The molecule has 186 valence electrons. The number of rotatable bonds is 9. The van der Waals surface area contributed by atoms with E-state index in [1.54, 1.807) is 6.92 Å². The van der Waals surface area contributed by atoms with Crippen molar-refractivity contribution in [1.82, 2.24) is 14.8 Å². The van der Waals surface area contributed by atoms with Crippen LogP contribution < -0.4 is 10.1 Å². The van der Waals surface area contributed by atoms with Crippen molar-refractivity contribution in [2.45, 2.75) is 51.5 Å². The number of ether oxygens (including phenoxy) is 2. The lowest BCUT2D eigenvalue weighted by atomic mass is 9.99. The highest BCUT2D eigenvalue weighted by Gasteiger charge is 2.36. The van der Waals surface area contributed by atoms with Gasteiger partial charge in [-0.1, -0.05) is 18.2 Å². The Kier molecular flexibility index (Phi) is 7.06. The lowest BCUT2D eigenvalue weighted by Gasteiger charge is -2.28. The van der Waals surface area contributed by atoms with Crippen molar-refractivity contribution >= 4 is 17.8 Å². The number of pyridine rings is 1. The first-order valence-corrected chi connectivity index (χ1v) is 12.8. The molecule has 1 N–H and O–H groups in total. The molecule has 0 aliphatic carbocycles. The first-order chi connectivity index (χ1) is 17.1.